The standard InChI is InChI=1S/C15H19NOS/c1-3-8-12-13(4-2)18-15(16-12)14(17)11-9-6-5-7-10-11/h5-7,9-10,14,17H,3-4,8H2,1-2H3. The van der Waals surface area contributed by atoms with E-state index in [4.69, 9.17) is 0 Å². The van der Waals surface area contributed by atoms with Crippen molar-refractivity contribution < 1.29 is 5.11 Å². The average molecular weight is 261 g/mol. The number of aromatic nitrogens is 1. The zero-order chi connectivity index (χ0) is 13.0. The third-order valence-electron chi connectivity index (χ3n) is 2.95. The Bertz CT molecular complexity index is 492. The van der Waals surface area contributed by atoms with Crippen molar-refractivity contribution in [1.82, 2.24) is 4.98 Å². The zero-order valence-corrected chi connectivity index (χ0v) is 11.7. The Kier molecular flexibility index (Phi) is 4.50. The molecule has 3 heteroatoms. The monoisotopic (exact) mass is 261 g/mol. The lowest BCUT2D eigenvalue weighted by Crippen LogP contribution is -1.99. The van der Waals surface area contributed by atoms with Crippen LogP contribution in [0.3, 0.4) is 0 Å². The van der Waals surface area contributed by atoms with Gasteiger partial charge in [0.2, 0.25) is 0 Å². The maximum atomic E-state index is 10.3. The molecule has 1 N–H and O–H groups in total. The summed E-state index contributed by atoms with van der Waals surface area (Å²) in [4.78, 5) is 5.92. The predicted octanol–water partition coefficient (Wildman–Crippen LogP) is 3.74. The topological polar surface area (TPSA) is 33.1 Å². The highest BCUT2D eigenvalue weighted by atomic mass is 32.1. The van der Waals surface area contributed by atoms with Crippen LogP contribution in [0.25, 0.3) is 0 Å². The normalized spacial score (nSPS) is 12.6. The summed E-state index contributed by atoms with van der Waals surface area (Å²) in [6.07, 6.45) is 2.50. The van der Waals surface area contributed by atoms with E-state index in [0.29, 0.717) is 0 Å². The molecule has 0 aliphatic heterocycles. The van der Waals surface area contributed by atoms with Gasteiger partial charge in [-0.3, -0.25) is 0 Å². The minimum atomic E-state index is -0.591. The van der Waals surface area contributed by atoms with Crippen LogP contribution < -0.4 is 0 Å². The molecule has 1 unspecified atom stereocenters. The molecule has 0 amide bonds. The van der Waals surface area contributed by atoms with E-state index in [0.717, 1.165) is 35.5 Å². The fourth-order valence-corrected chi connectivity index (χ4v) is 3.07. The van der Waals surface area contributed by atoms with Crippen LogP contribution in [0.5, 0.6) is 0 Å². The fraction of sp³-hybridized carbons (Fsp3) is 0.400. The molecule has 0 saturated carbocycles. The van der Waals surface area contributed by atoms with Gasteiger partial charge in [-0.05, 0) is 18.4 Å². The van der Waals surface area contributed by atoms with Crippen LogP contribution in [0.4, 0.5) is 0 Å². The van der Waals surface area contributed by atoms with Gasteiger partial charge in [-0.15, -0.1) is 11.3 Å². The molecule has 0 bridgehead atoms. The molecule has 1 atom stereocenters. The third kappa shape index (κ3) is 2.79. The molecule has 1 heterocycles. The van der Waals surface area contributed by atoms with E-state index in [-0.39, 0.29) is 0 Å². The first kappa shape index (κ1) is 13.2. The highest BCUT2D eigenvalue weighted by molar-refractivity contribution is 7.11. The number of hydrogen-bond donors (Lipinski definition) is 1. The molecule has 2 rings (SSSR count). The summed E-state index contributed by atoms with van der Waals surface area (Å²) in [5, 5.41) is 11.2. The van der Waals surface area contributed by atoms with E-state index in [9.17, 15) is 5.11 Å². The Morgan fingerprint density at radius 2 is 1.94 bits per heavy atom. The Morgan fingerprint density at radius 3 is 2.56 bits per heavy atom. The number of benzene rings is 1. The second-order valence-electron chi connectivity index (χ2n) is 4.34. The molecule has 18 heavy (non-hydrogen) atoms. The Labute approximate surface area is 112 Å². The van der Waals surface area contributed by atoms with E-state index < -0.39 is 6.10 Å². The lowest BCUT2D eigenvalue weighted by Gasteiger charge is -2.06. The number of rotatable bonds is 5. The average Bonchev–Trinajstić information content (AvgIpc) is 2.82. The van der Waals surface area contributed by atoms with Crippen LogP contribution in [-0.2, 0) is 12.8 Å². The zero-order valence-electron chi connectivity index (χ0n) is 10.9. The van der Waals surface area contributed by atoms with Crippen LogP contribution in [0, 0.1) is 0 Å². The molecule has 96 valence electrons. The van der Waals surface area contributed by atoms with Crippen molar-refractivity contribution in [3.8, 4) is 0 Å². The molecular formula is C15H19NOS. The van der Waals surface area contributed by atoms with Crippen LogP contribution in [0.2, 0.25) is 0 Å². The van der Waals surface area contributed by atoms with E-state index in [1.165, 1.54) is 4.88 Å². The van der Waals surface area contributed by atoms with Gasteiger partial charge in [-0.2, -0.15) is 0 Å². The molecule has 0 saturated heterocycles. The fourth-order valence-electron chi connectivity index (χ4n) is 2.01. The summed E-state index contributed by atoms with van der Waals surface area (Å²) in [5.41, 5.74) is 2.08. The van der Waals surface area contributed by atoms with Gasteiger partial charge in [0, 0.05) is 4.88 Å². The van der Waals surface area contributed by atoms with E-state index in [2.05, 4.69) is 18.8 Å². The number of aryl methyl sites for hydroxylation is 2. The summed E-state index contributed by atoms with van der Waals surface area (Å²) in [7, 11) is 0. The van der Waals surface area contributed by atoms with Crippen LogP contribution in [0.15, 0.2) is 30.3 Å². The van der Waals surface area contributed by atoms with Gasteiger partial charge in [-0.25, -0.2) is 4.98 Å². The molecule has 0 fully saturated rings. The smallest absolute Gasteiger partial charge is 0.131 e. The lowest BCUT2D eigenvalue weighted by atomic mass is 10.1. The van der Waals surface area contributed by atoms with Crippen LogP contribution >= 0.6 is 11.3 Å². The molecule has 0 aliphatic rings. The molecule has 2 aromatic rings. The molecular weight excluding hydrogens is 242 g/mol. The number of nitrogens with zero attached hydrogens (tertiary/aromatic N) is 1. The summed E-state index contributed by atoms with van der Waals surface area (Å²) in [5.74, 6) is 0. The van der Waals surface area contributed by atoms with Gasteiger partial charge >= 0.3 is 0 Å². The van der Waals surface area contributed by atoms with E-state index >= 15 is 0 Å². The van der Waals surface area contributed by atoms with Gasteiger partial charge in [0.1, 0.15) is 11.1 Å². The summed E-state index contributed by atoms with van der Waals surface area (Å²) in [6, 6.07) is 9.73. The van der Waals surface area contributed by atoms with Gasteiger partial charge in [-0.1, -0.05) is 50.6 Å². The second-order valence-corrected chi connectivity index (χ2v) is 5.45. The molecule has 0 radical (unpaired) electrons. The first-order valence-corrected chi connectivity index (χ1v) is 7.29. The minimum Gasteiger partial charge on any atom is -0.381 e. The molecule has 0 aliphatic carbocycles. The summed E-state index contributed by atoms with van der Waals surface area (Å²) >= 11 is 1.64. The van der Waals surface area contributed by atoms with Crippen LogP contribution in [0.1, 0.15) is 47.5 Å². The molecule has 1 aromatic heterocycles. The second kappa shape index (κ2) is 6.12. The molecule has 1 aromatic carbocycles. The van der Waals surface area contributed by atoms with Crippen molar-refractivity contribution in [3.63, 3.8) is 0 Å². The van der Waals surface area contributed by atoms with Crippen molar-refractivity contribution in [2.75, 3.05) is 0 Å². The predicted molar refractivity (Wildman–Crippen MR) is 76.0 cm³/mol. The summed E-state index contributed by atoms with van der Waals surface area (Å²) in [6.45, 7) is 4.30. The Hall–Kier alpha value is -1.19. The van der Waals surface area contributed by atoms with Gasteiger partial charge in [0.15, 0.2) is 0 Å². The SMILES string of the molecule is CCCc1nc(C(O)c2ccccc2)sc1CC. The maximum Gasteiger partial charge on any atom is 0.131 e. The first-order valence-electron chi connectivity index (χ1n) is 6.47. The number of aliphatic hydroxyl groups excluding tert-OH is 1. The summed E-state index contributed by atoms with van der Waals surface area (Å²) < 4.78 is 0. The highest BCUT2D eigenvalue weighted by Gasteiger charge is 2.17. The molecule has 2 nitrogen and oxygen atoms in total. The van der Waals surface area contributed by atoms with Crippen molar-refractivity contribution in [3.05, 3.63) is 51.5 Å². The van der Waals surface area contributed by atoms with Crippen molar-refractivity contribution in [2.24, 2.45) is 0 Å². The quantitative estimate of drug-likeness (QED) is 0.889. The van der Waals surface area contributed by atoms with Crippen molar-refractivity contribution in [1.29, 1.82) is 0 Å². The number of hydrogen-bond acceptors (Lipinski definition) is 3. The van der Waals surface area contributed by atoms with Gasteiger partial charge in [0.05, 0.1) is 5.69 Å². The first-order chi connectivity index (χ1) is 8.76. The van der Waals surface area contributed by atoms with Crippen molar-refractivity contribution >= 4 is 11.3 Å². The largest absolute Gasteiger partial charge is 0.381 e. The number of thiazole rings is 1. The third-order valence-corrected chi connectivity index (χ3v) is 4.25. The molecule has 0 spiro atoms. The van der Waals surface area contributed by atoms with Gasteiger partial charge in [0.25, 0.3) is 0 Å². The lowest BCUT2D eigenvalue weighted by molar-refractivity contribution is 0.219. The van der Waals surface area contributed by atoms with Crippen molar-refractivity contribution in [2.45, 2.75) is 39.2 Å². The maximum absolute atomic E-state index is 10.3. The number of aliphatic hydroxyl groups is 1. The van der Waals surface area contributed by atoms with Crippen LogP contribution in [-0.4, -0.2) is 10.1 Å². The van der Waals surface area contributed by atoms with Gasteiger partial charge < -0.3 is 5.11 Å². The Morgan fingerprint density at radius 1 is 1.22 bits per heavy atom. The van der Waals surface area contributed by atoms with E-state index in [1.807, 2.05) is 30.3 Å². The minimum absolute atomic E-state index is 0.591. The Balaban J connectivity index is 2.28. The highest BCUT2D eigenvalue weighted by Crippen LogP contribution is 2.29. The van der Waals surface area contributed by atoms with E-state index in [1.54, 1.807) is 11.3 Å².